The van der Waals surface area contributed by atoms with E-state index >= 15 is 0 Å². The first kappa shape index (κ1) is 15.0. The smallest absolute Gasteiger partial charge is 0.328 e. The number of carbonyl (C=O) groups is 2. The number of carbonyl (C=O) groups excluding carboxylic acids is 1. The van der Waals surface area contributed by atoms with Gasteiger partial charge in [0.1, 0.15) is 5.82 Å². The van der Waals surface area contributed by atoms with Gasteiger partial charge in [0.15, 0.2) is 0 Å². The maximum atomic E-state index is 11.5. The van der Waals surface area contributed by atoms with Gasteiger partial charge in [0.2, 0.25) is 5.91 Å². The van der Waals surface area contributed by atoms with E-state index in [-0.39, 0.29) is 0 Å². The first-order valence-corrected chi connectivity index (χ1v) is 6.66. The van der Waals surface area contributed by atoms with Gasteiger partial charge in [0, 0.05) is 56.3 Å². The van der Waals surface area contributed by atoms with Crippen LogP contribution in [-0.2, 0) is 9.59 Å². The van der Waals surface area contributed by atoms with Gasteiger partial charge in [0.25, 0.3) is 0 Å². The van der Waals surface area contributed by atoms with E-state index in [1.807, 2.05) is 0 Å². The van der Waals surface area contributed by atoms with Gasteiger partial charge in [-0.3, -0.25) is 4.79 Å². The van der Waals surface area contributed by atoms with Crippen LogP contribution in [0.2, 0.25) is 0 Å². The molecule has 0 bridgehead atoms. The van der Waals surface area contributed by atoms with E-state index in [1.165, 1.54) is 0 Å². The molecule has 2 heterocycles. The largest absolute Gasteiger partial charge is 0.478 e. The Morgan fingerprint density at radius 2 is 2.00 bits per heavy atom. The lowest BCUT2D eigenvalue weighted by Crippen LogP contribution is -2.44. The summed E-state index contributed by atoms with van der Waals surface area (Å²) in [7, 11) is 2.08. The molecule has 0 atom stereocenters. The maximum absolute atomic E-state index is 11.5. The van der Waals surface area contributed by atoms with Crippen molar-refractivity contribution in [3.63, 3.8) is 0 Å². The number of anilines is 2. The Morgan fingerprint density at radius 1 is 1.29 bits per heavy atom. The van der Waals surface area contributed by atoms with Gasteiger partial charge in [-0.15, -0.1) is 0 Å². The number of rotatable bonds is 4. The predicted octanol–water partition coefficient (Wildman–Crippen LogP) is 0.413. The first-order chi connectivity index (χ1) is 10.0. The summed E-state index contributed by atoms with van der Waals surface area (Å²) in [6.07, 6.45) is 3.42. The topological polar surface area (TPSA) is 85.8 Å². The second-order valence-electron chi connectivity index (χ2n) is 4.85. The number of nitrogens with zero attached hydrogens (tertiary/aromatic N) is 3. The number of nitrogens with one attached hydrogen (secondary N) is 1. The molecule has 1 amide bonds. The Kier molecular flexibility index (Phi) is 4.89. The minimum absolute atomic E-state index is 0.479. The Labute approximate surface area is 122 Å². The fraction of sp³-hybridized carbons (Fsp3) is 0.357. The van der Waals surface area contributed by atoms with Gasteiger partial charge < -0.3 is 20.2 Å². The van der Waals surface area contributed by atoms with Gasteiger partial charge in [0.05, 0.1) is 0 Å². The van der Waals surface area contributed by atoms with E-state index in [0.29, 0.717) is 5.69 Å². The van der Waals surface area contributed by atoms with Crippen molar-refractivity contribution >= 4 is 23.4 Å². The van der Waals surface area contributed by atoms with E-state index in [2.05, 4.69) is 27.1 Å². The van der Waals surface area contributed by atoms with E-state index in [1.54, 1.807) is 18.3 Å². The van der Waals surface area contributed by atoms with Crippen LogP contribution in [0.1, 0.15) is 0 Å². The summed E-state index contributed by atoms with van der Waals surface area (Å²) in [6.45, 7) is 3.72. The number of amides is 1. The van der Waals surface area contributed by atoms with Crippen molar-refractivity contribution < 1.29 is 14.7 Å². The van der Waals surface area contributed by atoms with Crippen LogP contribution < -0.4 is 10.2 Å². The Morgan fingerprint density at radius 3 is 2.67 bits per heavy atom. The van der Waals surface area contributed by atoms with Crippen LogP contribution in [-0.4, -0.2) is 60.1 Å². The summed E-state index contributed by atoms with van der Waals surface area (Å²) in [5, 5.41) is 11.1. The molecule has 7 nitrogen and oxygen atoms in total. The third kappa shape index (κ3) is 4.57. The molecule has 0 radical (unpaired) electrons. The summed E-state index contributed by atoms with van der Waals surface area (Å²) in [4.78, 5) is 30.6. The zero-order chi connectivity index (χ0) is 15.2. The van der Waals surface area contributed by atoms with Crippen LogP contribution >= 0.6 is 0 Å². The highest BCUT2D eigenvalue weighted by molar-refractivity contribution is 6.02. The molecule has 0 unspecified atom stereocenters. The highest BCUT2D eigenvalue weighted by atomic mass is 16.4. The highest BCUT2D eigenvalue weighted by Gasteiger charge is 2.15. The number of hydrogen-bond acceptors (Lipinski definition) is 5. The summed E-state index contributed by atoms with van der Waals surface area (Å²) in [6, 6.07) is 3.46. The van der Waals surface area contributed by atoms with Gasteiger partial charge in [-0.1, -0.05) is 0 Å². The zero-order valence-corrected chi connectivity index (χ0v) is 11.8. The highest BCUT2D eigenvalue weighted by Crippen LogP contribution is 2.17. The lowest BCUT2D eigenvalue weighted by Gasteiger charge is -2.33. The molecule has 1 aliphatic rings. The number of carboxylic acids is 1. The number of likely N-dealkylation sites (N-methyl/N-ethyl adjacent to an activating group) is 1. The van der Waals surface area contributed by atoms with Crippen LogP contribution in [0.3, 0.4) is 0 Å². The number of aliphatic carboxylic acids is 1. The molecule has 1 aromatic rings. The second-order valence-corrected chi connectivity index (χ2v) is 4.85. The van der Waals surface area contributed by atoms with Gasteiger partial charge >= 0.3 is 5.97 Å². The lowest BCUT2D eigenvalue weighted by molar-refractivity contribution is -0.131. The summed E-state index contributed by atoms with van der Waals surface area (Å²) < 4.78 is 0. The summed E-state index contributed by atoms with van der Waals surface area (Å²) in [5.74, 6) is -0.825. The quantitative estimate of drug-likeness (QED) is 0.781. The molecule has 1 saturated heterocycles. The van der Waals surface area contributed by atoms with Crippen LogP contribution in [0.4, 0.5) is 11.5 Å². The molecule has 0 spiro atoms. The van der Waals surface area contributed by atoms with Crippen molar-refractivity contribution in [3.05, 3.63) is 30.5 Å². The molecule has 7 heteroatoms. The van der Waals surface area contributed by atoms with Crippen molar-refractivity contribution in [1.82, 2.24) is 9.88 Å². The Hall–Kier alpha value is -2.41. The van der Waals surface area contributed by atoms with Crippen LogP contribution in [0.5, 0.6) is 0 Å². The Balaban J connectivity index is 2.01. The number of carboxylic acid groups (broad SMARTS) is 1. The minimum atomic E-state index is -1.15. The van der Waals surface area contributed by atoms with Crippen molar-refractivity contribution in [1.29, 1.82) is 0 Å². The molecule has 2 N–H and O–H groups in total. The fourth-order valence-corrected chi connectivity index (χ4v) is 2.04. The molecule has 0 aromatic carbocycles. The molecule has 1 aromatic heterocycles. The molecule has 0 saturated carbocycles. The first-order valence-electron chi connectivity index (χ1n) is 6.66. The fourth-order valence-electron chi connectivity index (χ4n) is 2.04. The van der Waals surface area contributed by atoms with Crippen LogP contribution in [0.25, 0.3) is 0 Å². The summed E-state index contributed by atoms with van der Waals surface area (Å²) >= 11 is 0. The molecule has 112 valence electrons. The zero-order valence-electron chi connectivity index (χ0n) is 11.8. The van der Waals surface area contributed by atoms with Crippen molar-refractivity contribution in [2.24, 2.45) is 0 Å². The van der Waals surface area contributed by atoms with Gasteiger partial charge in [-0.2, -0.15) is 0 Å². The van der Waals surface area contributed by atoms with E-state index in [9.17, 15) is 9.59 Å². The normalized spacial score (nSPS) is 16.1. The predicted molar refractivity (Wildman–Crippen MR) is 79.4 cm³/mol. The molecule has 2 rings (SSSR count). The maximum Gasteiger partial charge on any atom is 0.328 e. The van der Waals surface area contributed by atoms with E-state index in [0.717, 1.165) is 44.1 Å². The number of pyridine rings is 1. The lowest BCUT2D eigenvalue weighted by atomic mass is 10.3. The molecular formula is C14H18N4O3. The molecule has 0 aliphatic carbocycles. The average Bonchev–Trinajstić information content (AvgIpc) is 2.46. The minimum Gasteiger partial charge on any atom is -0.478 e. The second kappa shape index (κ2) is 6.85. The van der Waals surface area contributed by atoms with E-state index in [4.69, 9.17) is 5.11 Å². The molecular weight excluding hydrogens is 272 g/mol. The average molecular weight is 290 g/mol. The number of hydrogen-bond donors (Lipinski definition) is 2. The number of piperazine rings is 1. The number of aromatic nitrogens is 1. The van der Waals surface area contributed by atoms with Crippen molar-refractivity contribution in [2.75, 3.05) is 43.4 Å². The monoisotopic (exact) mass is 290 g/mol. The molecule has 1 aliphatic heterocycles. The molecule has 21 heavy (non-hydrogen) atoms. The van der Waals surface area contributed by atoms with Gasteiger partial charge in [-0.25, -0.2) is 9.78 Å². The van der Waals surface area contributed by atoms with Gasteiger partial charge in [-0.05, 0) is 13.1 Å². The Bertz CT molecular complexity index is 551. The third-order valence-electron chi connectivity index (χ3n) is 3.22. The van der Waals surface area contributed by atoms with Crippen molar-refractivity contribution in [3.8, 4) is 0 Å². The van der Waals surface area contributed by atoms with Crippen LogP contribution in [0, 0.1) is 0 Å². The standard InChI is InChI=1S/C14H18N4O3/c1-17-6-8-18(9-7-17)12-10-11(4-5-15-12)16-13(19)2-3-14(20)21/h2-5,10H,6-9H2,1H3,(H,20,21)(H,15,16,19)/b3-2+. The third-order valence-corrected chi connectivity index (χ3v) is 3.22. The SMILES string of the molecule is CN1CCN(c2cc(NC(=O)/C=C/C(=O)O)ccn2)CC1. The van der Waals surface area contributed by atoms with Crippen LogP contribution in [0.15, 0.2) is 30.5 Å². The van der Waals surface area contributed by atoms with E-state index < -0.39 is 11.9 Å². The van der Waals surface area contributed by atoms with Crippen molar-refractivity contribution in [2.45, 2.75) is 0 Å². The summed E-state index contributed by atoms with van der Waals surface area (Å²) in [5.41, 5.74) is 0.596. The molecule has 1 fully saturated rings.